The van der Waals surface area contributed by atoms with Gasteiger partial charge in [-0.1, -0.05) is 6.07 Å². The predicted octanol–water partition coefficient (Wildman–Crippen LogP) is 4.39. The topological polar surface area (TPSA) is 50.2 Å². The van der Waals surface area contributed by atoms with E-state index in [2.05, 4.69) is 20.9 Å². The molecule has 1 unspecified atom stereocenters. The van der Waals surface area contributed by atoms with E-state index in [1.54, 1.807) is 11.8 Å². The number of rotatable bonds is 5. The maximum atomic E-state index is 12.8. The van der Waals surface area contributed by atoms with Crippen LogP contribution in [0.25, 0.3) is 0 Å². The number of likely N-dealkylation sites (tertiary alicyclic amines) is 1. The summed E-state index contributed by atoms with van der Waals surface area (Å²) >= 11 is 1.68. The van der Waals surface area contributed by atoms with Gasteiger partial charge >= 0.3 is 6.03 Å². The van der Waals surface area contributed by atoms with Crippen molar-refractivity contribution in [2.75, 3.05) is 18.1 Å². The minimum Gasteiger partial charge on any atom is -0.335 e. The zero-order valence-electron chi connectivity index (χ0n) is 14.9. The van der Waals surface area contributed by atoms with E-state index in [4.69, 9.17) is 0 Å². The highest BCUT2D eigenvalue weighted by Crippen LogP contribution is 2.23. The van der Waals surface area contributed by atoms with Crippen molar-refractivity contribution in [3.8, 4) is 0 Å². The summed E-state index contributed by atoms with van der Waals surface area (Å²) in [5.74, 6) is 1.03. The number of carbonyl (C=O) groups excluding carboxylic acids is 1. The summed E-state index contributed by atoms with van der Waals surface area (Å²) in [4.78, 5) is 20.2. The van der Waals surface area contributed by atoms with E-state index < -0.39 is 0 Å². The Labute approximate surface area is 153 Å². The fourth-order valence-corrected chi connectivity index (χ4v) is 3.85. The van der Waals surface area contributed by atoms with Crippen LogP contribution < -0.4 is 5.32 Å². The van der Waals surface area contributed by atoms with Gasteiger partial charge in [0.05, 0.1) is 0 Å². The number of amides is 2. The second-order valence-corrected chi connectivity index (χ2v) is 7.34. The lowest BCUT2D eigenvalue weighted by molar-refractivity contribution is 0.155. The number of carbonyl (C=O) groups is 1. The molecule has 5 nitrogen and oxygen atoms in total. The van der Waals surface area contributed by atoms with Gasteiger partial charge in [0, 0.05) is 42.1 Å². The number of anilines is 1. The second kappa shape index (κ2) is 8.43. The highest BCUT2D eigenvalue weighted by molar-refractivity contribution is 7.98. The summed E-state index contributed by atoms with van der Waals surface area (Å²) in [7, 11) is 0. The first-order valence-electron chi connectivity index (χ1n) is 8.87. The average Bonchev–Trinajstić information content (AvgIpc) is 3.05. The third-order valence-corrected chi connectivity index (χ3v) is 5.56. The Bertz CT molecular complexity index is 715. The van der Waals surface area contributed by atoms with E-state index in [1.807, 2.05) is 48.7 Å². The molecule has 0 radical (unpaired) electrons. The number of aryl methyl sites for hydroxylation is 2. The molecule has 0 bridgehead atoms. The largest absolute Gasteiger partial charge is 0.335 e. The Hall–Kier alpha value is -1.95. The first-order valence-corrected chi connectivity index (χ1v) is 10.1. The van der Waals surface area contributed by atoms with Crippen LogP contribution in [0, 0.1) is 6.92 Å². The number of aromatic nitrogens is 2. The van der Waals surface area contributed by atoms with Crippen LogP contribution in [0.3, 0.4) is 0 Å². The van der Waals surface area contributed by atoms with Gasteiger partial charge in [0.1, 0.15) is 5.82 Å². The molecular formula is C19H26N4OS. The molecule has 0 spiro atoms. The molecule has 134 valence electrons. The Morgan fingerprint density at radius 2 is 2.28 bits per heavy atom. The maximum Gasteiger partial charge on any atom is 0.322 e. The summed E-state index contributed by atoms with van der Waals surface area (Å²) in [6.45, 7) is 3.76. The molecule has 1 saturated heterocycles. The van der Waals surface area contributed by atoms with Gasteiger partial charge in [0.25, 0.3) is 0 Å². The first kappa shape index (κ1) is 17.9. The number of nitrogens with one attached hydrogen (secondary N) is 1. The molecule has 1 aromatic heterocycles. The van der Waals surface area contributed by atoms with Crippen LogP contribution in [0.5, 0.6) is 0 Å². The standard InChI is InChI=1S/C19H26N4OS/c1-15-20-10-13-22(15)12-9-17-7-3-4-11-23(17)19(24)21-16-6-5-8-18(14-16)25-2/h5-6,8,10,13-14,17H,3-4,7,9,11-12H2,1-2H3,(H,21,24). The lowest BCUT2D eigenvalue weighted by atomic mass is 9.99. The van der Waals surface area contributed by atoms with Crippen molar-refractivity contribution in [1.29, 1.82) is 0 Å². The molecule has 2 amide bonds. The average molecular weight is 359 g/mol. The molecule has 0 saturated carbocycles. The van der Waals surface area contributed by atoms with Crippen LogP contribution >= 0.6 is 11.8 Å². The van der Waals surface area contributed by atoms with Crippen molar-refractivity contribution < 1.29 is 4.79 Å². The van der Waals surface area contributed by atoms with Gasteiger partial charge in [-0.25, -0.2) is 9.78 Å². The predicted molar refractivity (Wildman–Crippen MR) is 103 cm³/mol. The van der Waals surface area contributed by atoms with Crippen molar-refractivity contribution in [3.63, 3.8) is 0 Å². The van der Waals surface area contributed by atoms with Gasteiger partial charge in [-0.05, 0) is 57.1 Å². The van der Waals surface area contributed by atoms with Gasteiger partial charge in [-0.15, -0.1) is 11.8 Å². The van der Waals surface area contributed by atoms with Gasteiger partial charge in [-0.3, -0.25) is 0 Å². The molecule has 25 heavy (non-hydrogen) atoms. The Kier molecular flexibility index (Phi) is 6.02. The lowest BCUT2D eigenvalue weighted by Crippen LogP contribution is -2.46. The number of piperidine rings is 1. The third-order valence-electron chi connectivity index (χ3n) is 4.84. The van der Waals surface area contributed by atoms with Gasteiger partial charge in [0.15, 0.2) is 0 Å². The summed E-state index contributed by atoms with van der Waals surface area (Å²) in [5, 5.41) is 3.08. The van der Waals surface area contributed by atoms with E-state index in [0.29, 0.717) is 6.04 Å². The van der Waals surface area contributed by atoms with E-state index >= 15 is 0 Å². The molecule has 1 aliphatic rings. The molecule has 6 heteroatoms. The highest BCUT2D eigenvalue weighted by atomic mass is 32.2. The van der Waals surface area contributed by atoms with E-state index in [1.165, 1.54) is 6.42 Å². The molecule has 1 aliphatic heterocycles. The third kappa shape index (κ3) is 4.57. The van der Waals surface area contributed by atoms with Crippen LogP contribution in [0.4, 0.5) is 10.5 Å². The monoisotopic (exact) mass is 358 g/mol. The van der Waals surface area contributed by atoms with E-state index in [9.17, 15) is 4.79 Å². The number of thioether (sulfide) groups is 1. The normalized spacial score (nSPS) is 17.5. The van der Waals surface area contributed by atoms with Gasteiger partial charge in [-0.2, -0.15) is 0 Å². The van der Waals surface area contributed by atoms with Crippen LogP contribution in [0.1, 0.15) is 31.5 Å². The summed E-state index contributed by atoms with van der Waals surface area (Å²) in [6, 6.07) is 8.32. The fraction of sp³-hybridized carbons (Fsp3) is 0.474. The fourth-order valence-electron chi connectivity index (χ4n) is 3.39. The minimum atomic E-state index is 0.0188. The number of benzene rings is 1. The Balaban J connectivity index is 1.63. The maximum absolute atomic E-state index is 12.8. The molecule has 1 atom stereocenters. The summed E-state index contributed by atoms with van der Waals surface area (Å²) in [6.07, 6.45) is 10.2. The first-order chi connectivity index (χ1) is 12.2. The van der Waals surface area contributed by atoms with Crippen LogP contribution in [0.15, 0.2) is 41.6 Å². The highest BCUT2D eigenvalue weighted by Gasteiger charge is 2.26. The Morgan fingerprint density at radius 3 is 3.04 bits per heavy atom. The number of imidazole rings is 1. The van der Waals surface area contributed by atoms with Crippen molar-refractivity contribution in [2.45, 2.75) is 50.1 Å². The number of urea groups is 1. The van der Waals surface area contributed by atoms with E-state index in [0.717, 1.165) is 48.8 Å². The van der Waals surface area contributed by atoms with Crippen LogP contribution in [-0.4, -0.2) is 39.3 Å². The zero-order chi connectivity index (χ0) is 17.6. The minimum absolute atomic E-state index is 0.0188. The number of nitrogens with zero attached hydrogens (tertiary/aromatic N) is 3. The van der Waals surface area contributed by atoms with Crippen molar-refractivity contribution >= 4 is 23.5 Å². The van der Waals surface area contributed by atoms with E-state index in [-0.39, 0.29) is 6.03 Å². The molecular weight excluding hydrogens is 332 g/mol. The number of hydrogen-bond donors (Lipinski definition) is 1. The second-order valence-electron chi connectivity index (χ2n) is 6.46. The smallest absolute Gasteiger partial charge is 0.322 e. The van der Waals surface area contributed by atoms with Crippen LogP contribution in [-0.2, 0) is 6.54 Å². The molecule has 1 aromatic carbocycles. The lowest BCUT2D eigenvalue weighted by Gasteiger charge is -2.36. The van der Waals surface area contributed by atoms with Crippen LogP contribution in [0.2, 0.25) is 0 Å². The Morgan fingerprint density at radius 1 is 1.40 bits per heavy atom. The molecule has 2 aromatic rings. The van der Waals surface area contributed by atoms with Gasteiger partial charge < -0.3 is 14.8 Å². The molecule has 1 N–H and O–H groups in total. The molecule has 1 fully saturated rings. The van der Waals surface area contributed by atoms with Crippen molar-refractivity contribution in [1.82, 2.24) is 14.5 Å². The number of hydrogen-bond acceptors (Lipinski definition) is 3. The van der Waals surface area contributed by atoms with Crippen molar-refractivity contribution in [2.24, 2.45) is 0 Å². The molecule has 2 heterocycles. The van der Waals surface area contributed by atoms with Gasteiger partial charge in [0.2, 0.25) is 0 Å². The van der Waals surface area contributed by atoms with Crippen molar-refractivity contribution in [3.05, 3.63) is 42.5 Å². The molecule has 3 rings (SSSR count). The molecule has 0 aliphatic carbocycles. The SMILES string of the molecule is CSc1cccc(NC(=O)N2CCCCC2CCn2ccnc2C)c1. The zero-order valence-corrected chi connectivity index (χ0v) is 15.8. The quantitative estimate of drug-likeness (QED) is 0.807. The summed E-state index contributed by atoms with van der Waals surface area (Å²) < 4.78 is 2.16. The summed E-state index contributed by atoms with van der Waals surface area (Å²) in [5.41, 5.74) is 0.867.